The van der Waals surface area contributed by atoms with Gasteiger partial charge >= 0.3 is 11.9 Å². The van der Waals surface area contributed by atoms with Gasteiger partial charge in [-0.15, -0.1) is 0 Å². The first-order valence-corrected chi connectivity index (χ1v) is 11.7. The van der Waals surface area contributed by atoms with Gasteiger partial charge in [0.05, 0.1) is 12.7 Å². The molecule has 0 N–H and O–H groups in total. The molecule has 6 nitrogen and oxygen atoms in total. The molecule has 0 bridgehead atoms. The number of benzene rings is 4. The Balaban J connectivity index is 1.34. The summed E-state index contributed by atoms with van der Waals surface area (Å²) in [6.07, 6.45) is 1.58. The van der Waals surface area contributed by atoms with Crippen LogP contribution >= 0.6 is 11.6 Å². The largest absolute Gasteiger partial charge is 0.493 e. The zero-order chi connectivity index (χ0) is 25.8. The molecule has 1 aliphatic rings. The van der Waals surface area contributed by atoms with Crippen molar-refractivity contribution in [3.8, 4) is 22.6 Å². The summed E-state index contributed by atoms with van der Waals surface area (Å²) in [6.45, 7) is 0. The van der Waals surface area contributed by atoms with Gasteiger partial charge in [0.2, 0.25) is 5.90 Å². The number of hydrogen-bond acceptors (Lipinski definition) is 6. The molecule has 1 aliphatic heterocycles. The standard InChI is InChI=1S/C30H20ClNO5/c1-35-27-18-19(7-16-26(27)36-29(33)23-12-14-24(31)15-13-23)17-25-30(34)37-28(32-25)22-10-8-21(9-11-22)20-5-3-2-4-6-20/h2-18H,1H3/b25-17-. The van der Waals surface area contributed by atoms with Gasteiger partial charge in [0.25, 0.3) is 0 Å². The van der Waals surface area contributed by atoms with Gasteiger partial charge < -0.3 is 14.2 Å². The maximum Gasteiger partial charge on any atom is 0.363 e. The minimum atomic E-state index is -0.556. The molecule has 5 rings (SSSR count). The summed E-state index contributed by atoms with van der Waals surface area (Å²) in [7, 11) is 1.46. The molecular weight excluding hydrogens is 490 g/mol. The molecule has 0 unspecified atom stereocenters. The number of cyclic esters (lactones) is 1. The SMILES string of the molecule is COc1cc(/C=C2\N=C(c3ccc(-c4ccccc4)cc3)OC2=O)ccc1OC(=O)c1ccc(Cl)cc1. The minimum absolute atomic E-state index is 0.148. The highest BCUT2D eigenvalue weighted by molar-refractivity contribution is 6.30. The van der Waals surface area contributed by atoms with E-state index < -0.39 is 11.9 Å². The van der Waals surface area contributed by atoms with E-state index in [0.29, 0.717) is 27.5 Å². The molecule has 4 aromatic carbocycles. The molecule has 0 fully saturated rings. The van der Waals surface area contributed by atoms with E-state index in [1.165, 1.54) is 7.11 Å². The number of esters is 2. The van der Waals surface area contributed by atoms with E-state index >= 15 is 0 Å². The van der Waals surface area contributed by atoms with Crippen LogP contribution in [-0.4, -0.2) is 24.9 Å². The van der Waals surface area contributed by atoms with Crippen molar-refractivity contribution in [2.24, 2.45) is 4.99 Å². The number of nitrogens with zero attached hydrogens (tertiary/aromatic N) is 1. The van der Waals surface area contributed by atoms with Crippen LogP contribution in [0.1, 0.15) is 21.5 Å². The number of methoxy groups -OCH3 is 1. The third-order valence-corrected chi connectivity index (χ3v) is 5.89. The van der Waals surface area contributed by atoms with Crippen molar-refractivity contribution in [2.75, 3.05) is 7.11 Å². The van der Waals surface area contributed by atoms with Gasteiger partial charge in [-0.25, -0.2) is 14.6 Å². The number of carbonyl (C=O) groups excluding carboxylic acids is 2. The second-order valence-corrected chi connectivity index (χ2v) is 8.52. The fourth-order valence-electron chi connectivity index (χ4n) is 3.73. The maximum atomic E-state index is 12.5. The molecule has 0 aromatic heterocycles. The van der Waals surface area contributed by atoms with Crippen molar-refractivity contribution in [1.82, 2.24) is 0 Å². The van der Waals surface area contributed by atoms with E-state index in [9.17, 15) is 9.59 Å². The van der Waals surface area contributed by atoms with Crippen molar-refractivity contribution < 1.29 is 23.8 Å². The van der Waals surface area contributed by atoms with Crippen LogP contribution in [0.5, 0.6) is 11.5 Å². The Morgan fingerprint density at radius 2 is 1.51 bits per heavy atom. The van der Waals surface area contributed by atoms with Gasteiger partial charge in [-0.1, -0.05) is 60.1 Å². The summed E-state index contributed by atoms with van der Waals surface area (Å²) in [5.74, 6) is -0.311. The first-order valence-electron chi connectivity index (χ1n) is 11.3. The minimum Gasteiger partial charge on any atom is -0.493 e. The number of ether oxygens (including phenoxy) is 3. The average Bonchev–Trinajstić information content (AvgIpc) is 3.30. The van der Waals surface area contributed by atoms with Crippen LogP contribution in [0.4, 0.5) is 0 Å². The molecule has 0 saturated heterocycles. The predicted molar refractivity (Wildman–Crippen MR) is 142 cm³/mol. The summed E-state index contributed by atoms with van der Waals surface area (Å²) in [6, 6.07) is 28.9. The molecular formula is C30H20ClNO5. The van der Waals surface area contributed by atoms with Crippen molar-refractivity contribution in [3.05, 3.63) is 124 Å². The monoisotopic (exact) mass is 509 g/mol. The van der Waals surface area contributed by atoms with Gasteiger partial charge in [0.15, 0.2) is 17.2 Å². The average molecular weight is 510 g/mol. The number of halogens is 1. The Labute approximate surface area is 218 Å². The normalized spacial score (nSPS) is 13.7. The topological polar surface area (TPSA) is 74.2 Å². The Morgan fingerprint density at radius 3 is 2.22 bits per heavy atom. The van der Waals surface area contributed by atoms with Crippen molar-refractivity contribution in [2.45, 2.75) is 0 Å². The molecule has 0 saturated carbocycles. The first-order chi connectivity index (χ1) is 18.0. The molecule has 0 amide bonds. The van der Waals surface area contributed by atoms with E-state index in [-0.39, 0.29) is 17.3 Å². The molecule has 0 atom stereocenters. The predicted octanol–water partition coefficient (Wildman–Crippen LogP) is 6.58. The van der Waals surface area contributed by atoms with Gasteiger partial charge in [0, 0.05) is 10.6 Å². The zero-order valence-corrected chi connectivity index (χ0v) is 20.4. The van der Waals surface area contributed by atoms with Gasteiger partial charge in [-0.3, -0.25) is 0 Å². The molecule has 4 aromatic rings. The molecule has 0 spiro atoms. The fourth-order valence-corrected chi connectivity index (χ4v) is 3.86. The molecule has 182 valence electrons. The highest BCUT2D eigenvalue weighted by Crippen LogP contribution is 2.31. The summed E-state index contributed by atoms with van der Waals surface area (Å²) in [5.41, 5.74) is 3.96. The zero-order valence-electron chi connectivity index (χ0n) is 19.7. The third kappa shape index (κ3) is 5.44. The van der Waals surface area contributed by atoms with E-state index in [4.69, 9.17) is 25.8 Å². The Bertz CT molecular complexity index is 1530. The molecule has 7 heteroatoms. The molecule has 1 heterocycles. The lowest BCUT2D eigenvalue weighted by Crippen LogP contribution is -2.09. The lowest BCUT2D eigenvalue weighted by molar-refractivity contribution is -0.129. The van der Waals surface area contributed by atoms with E-state index in [1.54, 1.807) is 48.5 Å². The summed E-state index contributed by atoms with van der Waals surface area (Å²) < 4.78 is 16.3. The Kier molecular flexibility index (Phi) is 6.83. The van der Waals surface area contributed by atoms with Crippen molar-refractivity contribution >= 4 is 35.5 Å². The number of carbonyl (C=O) groups is 2. The van der Waals surface area contributed by atoms with Crippen LogP contribution in [0.15, 0.2) is 108 Å². The van der Waals surface area contributed by atoms with Crippen LogP contribution < -0.4 is 9.47 Å². The first kappa shape index (κ1) is 24.0. The number of rotatable bonds is 6. The molecule has 0 radical (unpaired) electrons. The van der Waals surface area contributed by atoms with Gasteiger partial charge in [-0.05, 0) is 71.3 Å². The van der Waals surface area contributed by atoms with Crippen LogP contribution in [-0.2, 0) is 9.53 Å². The van der Waals surface area contributed by atoms with Crippen LogP contribution in [0.25, 0.3) is 17.2 Å². The maximum absolute atomic E-state index is 12.5. The van der Waals surface area contributed by atoms with Gasteiger partial charge in [0.1, 0.15) is 0 Å². The second-order valence-electron chi connectivity index (χ2n) is 8.09. The Morgan fingerprint density at radius 1 is 0.838 bits per heavy atom. The lowest BCUT2D eigenvalue weighted by Gasteiger charge is -2.10. The Hall–Kier alpha value is -4.68. The van der Waals surface area contributed by atoms with E-state index in [2.05, 4.69) is 4.99 Å². The summed E-state index contributed by atoms with van der Waals surface area (Å²) in [5, 5.41) is 0.520. The highest BCUT2D eigenvalue weighted by Gasteiger charge is 2.24. The van der Waals surface area contributed by atoms with Gasteiger partial charge in [-0.2, -0.15) is 0 Å². The second kappa shape index (κ2) is 10.5. The summed E-state index contributed by atoms with van der Waals surface area (Å²) in [4.78, 5) is 29.3. The van der Waals surface area contributed by atoms with E-state index in [0.717, 1.165) is 11.1 Å². The lowest BCUT2D eigenvalue weighted by atomic mass is 10.0. The quantitative estimate of drug-likeness (QED) is 0.167. The van der Waals surface area contributed by atoms with Crippen LogP contribution in [0.3, 0.4) is 0 Å². The number of aliphatic imine (C=N–C) groups is 1. The van der Waals surface area contributed by atoms with Crippen molar-refractivity contribution in [1.29, 1.82) is 0 Å². The smallest absolute Gasteiger partial charge is 0.363 e. The van der Waals surface area contributed by atoms with Crippen molar-refractivity contribution in [3.63, 3.8) is 0 Å². The highest BCUT2D eigenvalue weighted by atomic mass is 35.5. The summed E-state index contributed by atoms with van der Waals surface area (Å²) >= 11 is 5.88. The van der Waals surface area contributed by atoms with Crippen LogP contribution in [0, 0.1) is 0 Å². The van der Waals surface area contributed by atoms with E-state index in [1.807, 2.05) is 54.6 Å². The third-order valence-electron chi connectivity index (χ3n) is 5.63. The van der Waals surface area contributed by atoms with Crippen LogP contribution in [0.2, 0.25) is 5.02 Å². The fraction of sp³-hybridized carbons (Fsp3) is 0.0333. The molecule has 37 heavy (non-hydrogen) atoms. The molecule has 0 aliphatic carbocycles. The number of hydrogen-bond donors (Lipinski definition) is 0.